The molecule has 4 heteroatoms. The number of methoxy groups -OCH3 is 2. The summed E-state index contributed by atoms with van der Waals surface area (Å²) in [5.74, 6) is 1.71. The predicted molar refractivity (Wildman–Crippen MR) is 111 cm³/mol. The molecule has 0 saturated heterocycles. The monoisotopic (exact) mass is 372 g/mol. The third kappa shape index (κ3) is 3.46. The number of rotatable bonds is 5. The number of nitrogens with zero attached hydrogens (tertiary/aromatic N) is 2. The summed E-state index contributed by atoms with van der Waals surface area (Å²) >= 11 is 0. The van der Waals surface area contributed by atoms with E-state index in [0.717, 1.165) is 16.9 Å². The van der Waals surface area contributed by atoms with Gasteiger partial charge in [0.25, 0.3) is 0 Å². The fourth-order valence-electron chi connectivity index (χ4n) is 3.64. The first-order valence-corrected chi connectivity index (χ1v) is 9.35. The molecule has 0 atom stereocenters. The fraction of sp³-hybridized carbons (Fsp3) is 0.208. The first-order chi connectivity index (χ1) is 13.7. The number of fused-ring (bicyclic) bond motifs is 1. The summed E-state index contributed by atoms with van der Waals surface area (Å²) in [6.07, 6.45) is 2.23. The van der Waals surface area contributed by atoms with Gasteiger partial charge in [0.1, 0.15) is 18.2 Å². The van der Waals surface area contributed by atoms with E-state index in [0.29, 0.717) is 6.67 Å². The van der Waals surface area contributed by atoms with Crippen molar-refractivity contribution in [1.82, 2.24) is 4.90 Å². The molecule has 0 spiro atoms. The number of hydrogen-bond acceptors (Lipinski definition) is 4. The van der Waals surface area contributed by atoms with Gasteiger partial charge in [0, 0.05) is 11.4 Å². The van der Waals surface area contributed by atoms with Gasteiger partial charge in [-0.25, -0.2) is 0 Å². The van der Waals surface area contributed by atoms with Gasteiger partial charge in [0.05, 0.1) is 25.6 Å². The molecule has 0 saturated carbocycles. The van der Waals surface area contributed by atoms with Crippen molar-refractivity contribution in [2.75, 3.05) is 20.9 Å². The average Bonchev–Trinajstić information content (AvgIpc) is 2.75. The van der Waals surface area contributed by atoms with E-state index in [-0.39, 0.29) is 6.04 Å². The van der Waals surface area contributed by atoms with Crippen LogP contribution >= 0.6 is 0 Å². The minimum Gasteiger partial charge on any atom is -0.497 e. The van der Waals surface area contributed by atoms with Crippen molar-refractivity contribution in [2.45, 2.75) is 13.0 Å². The summed E-state index contributed by atoms with van der Waals surface area (Å²) in [5.41, 5.74) is 3.61. The summed E-state index contributed by atoms with van der Waals surface area (Å²) in [6, 6.07) is 22.8. The van der Waals surface area contributed by atoms with Gasteiger partial charge in [-0.3, -0.25) is 4.99 Å². The number of benzene rings is 3. The highest BCUT2D eigenvalue weighted by Gasteiger charge is 2.22. The molecule has 3 aromatic carbocycles. The second kappa shape index (κ2) is 7.77. The maximum atomic E-state index is 5.34. The van der Waals surface area contributed by atoms with Crippen molar-refractivity contribution in [3.8, 4) is 11.5 Å². The lowest BCUT2D eigenvalue weighted by atomic mass is 9.96. The second-order valence-electron chi connectivity index (χ2n) is 6.90. The highest BCUT2D eigenvalue weighted by Crippen LogP contribution is 2.31. The maximum absolute atomic E-state index is 5.34. The first kappa shape index (κ1) is 18.1. The first-order valence-electron chi connectivity index (χ1n) is 9.35. The molecule has 0 aliphatic carbocycles. The summed E-state index contributed by atoms with van der Waals surface area (Å²) in [7, 11) is 3.37. The zero-order valence-corrected chi connectivity index (χ0v) is 16.4. The Morgan fingerprint density at radius 1 is 0.821 bits per heavy atom. The zero-order chi connectivity index (χ0) is 19.5. The van der Waals surface area contributed by atoms with Crippen LogP contribution in [0.1, 0.15) is 22.7 Å². The van der Waals surface area contributed by atoms with Crippen LogP contribution < -0.4 is 20.0 Å². The van der Waals surface area contributed by atoms with Crippen LogP contribution in [-0.4, -0.2) is 25.8 Å². The Kier molecular flexibility index (Phi) is 5.02. The predicted octanol–water partition coefficient (Wildman–Crippen LogP) is 3.43. The van der Waals surface area contributed by atoms with Crippen molar-refractivity contribution >= 4 is 6.20 Å². The molecule has 142 valence electrons. The highest BCUT2D eigenvalue weighted by atomic mass is 16.5. The van der Waals surface area contributed by atoms with Crippen molar-refractivity contribution in [2.24, 2.45) is 4.99 Å². The molecular formula is C24H24N2O2. The topological polar surface area (TPSA) is 34.1 Å². The van der Waals surface area contributed by atoms with Gasteiger partial charge >= 0.3 is 0 Å². The number of hydrogen-bond donors (Lipinski definition) is 0. The minimum absolute atomic E-state index is 0.0494. The lowest BCUT2D eigenvalue weighted by Gasteiger charge is -2.32. The van der Waals surface area contributed by atoms with Crippen molar-refractivity contribution < 1.29 is 9.47 Å². The van der Waals surface area contributed by atoms with Crippen LogP contribution in [0.3, 0.4) is 0 Å². The van der Waals surface area contributed by atoms with Crippen LogP contribution in [0.5, 0.6) is 11.5 Å². The molecule has 0 aromatic heterocycles. The largest absolute Gasteiger partial charge is 0.497 e. The Morgan fingerprint density at radius 3 is 1.93 bits per heavy atom. The van der Waals surface area contributed by atoms with Crippen LogP contribution in [0.15, 0.2) is 71.7 Å². The van der Waals surface area contributed by atoms with E-state index in [1.54, 1.807) is 14.2 Å². The van der Waals surface area contributed by atoms with Gasteiger partial charge in [0.15, 0.2) is 0 Å². The van der Waals surface area contributed by atoms with Gasteiger partial charge in [-0.2, -0.15) is 0 Å². The zero-order valence-electron chi connectivity index (χ0n) is 16.4. The van der Waals surface area contributed by atoms with E-state index >= 15 is 0 Å². The summed E-state index contributed by atoms with van der Waals surface area (Å²) in [5, 5.41) is 2.24. The highest BCUT2D eigenvalue weighted by molar-refractivity contribution is 5.41. The van der Waals surface area contributed by atoms with E-state index in [9.17, 15) is 0 Å². The van der Waals surface area contributed by atoms with Crippen LogP contribution in [0.4, 0.5) is 0 Å². The second-order valence-corrected chi connectivity index (χ2v) is 6.90. The number of ether oxygens (including phenoxy) is 2. The molecule has 0 bridgehead atoms. The van der Waals surface area contributed by atoms with Crippen molar-refractivity contribution in [1.29, 1.82) is 0 Å². The Bertz CT molecular complexity index is 1030. The standard InChI is InChI=1S/C24H24N2O2/c1-17-5-4-6-23-22(17)15-26(16-25-23)24(18-7-11-20(27-2)12-8-18)19-9-13-21(28-3)14-10-19/h4-15,24H,16H2,1-3H3. The smallest absolute Gasteiger partial charge is 0.118 e. The summed E-state index contributed by atoms with van der Waals surface area (Å²) < 4.78 is 10.7. The van der Waals surface area contributed by atoms with E-state index in [4.69, 9.17) is 14.5 Å². The van der Waals surface area contributed by atoms with E-state index in [1.807, 2.05) is 24.3 Å². The van der Waals surface area contributed by atoms with Crippen molar-refractivity contribution in [3.63, 3.8) is 0 Å². The SMILES string of the molecule is COc1ccc(C(c2ccc(OC)cc2)N2C=c3c(C)cccc3=NC2)cc1. The van der Waals surface area contributed by atoms with Crippen LogP contribution in [0, 0.1) is 6.92 Å². The molecule has 4 nitrogen and oxygen atoms in total. The minimum atomic E-state index is 0.0494. The van der Waals surface area contributed by atoms with Crippen LogP contribution in [-0.2, 0) is 0 Å². The molecule has 3 aromatic rings. The lowest BCUT2D eigenvalue weighted by Crippen LogP contribution is -2.39. The molecule has 0 N–H and O–H groups in total. The Hall–Kier alpha value is -3.27. The van der Waals surface area contributed by atoms with Crippen LogP contribution in [0.25, 0.3) is 6.20 Å². The van der Waals surface area contributed by atoms with E-state index in [2.05, 4.69) is 60.5 Å². The third-order valence-electron chi connectivity index (χ3n) is 5.20. The molecule has 4 rings (SSSR count). The van der Waals surface area contributed by atoms with Gasteiger partial charge in [0.2, 0.25) is 0 Å². The molecule has 1 aliphatic rings. The van der Waals surface area contributed by atoms with Gasteiger partial charge in [-0.15, -0.1) is 0 Å². The molecule has 28 heavy (non-hydrogen) atoms. The van der Waals surface area contributed by atoms with Crippen molar-refractivity contribution in [3.05, 3.63) is 94.0 Å². The molecule has 0 radical (unpaired) electrons. The maximum Gasteiger partial charge on any atom is 0.118 e. The molecule has 1 heterocycles. The van der Waals surface area contributed by atoms with Gasteiger partial charge < -0.3 is 14.4 Å². The molecule has 1 aliphatic heterocycles. The van der Waals surface area contributed by atoms with Gasteiger partial charge in [-0.1, -0.05) is 36.4 Å². The third-order valence-corrected chi connectivity index (χ3v) is 5.20. The molecular weight excluding hydrogens is 348 g/mol. The fourth-order valence-corrected chi connectivity index (χ4v) is 3.64. The molecule has 0 unspecified atom stereocenters. The van der Waals surface area contributed by atoms with E-state index < -0.39 is 0 Å². The summed E-state index contributed by atoms with van der Waals surface area (Å²) in [4.78, 5) is 7.11. The lowest BCUT2D eigenvalue weighted by molar-refractivity contribution is 0.349. The average molecular weight is 372 g/mol. The molecule has 0 fully saturated rings. The Morgan fingerprint density at radius 2 is 1.39 bits per heavy atom. The van der Waals surface area contributed by atoms with E-state index in [1.165, 1.54) is 21.9 Å². The Labute approximate surface area is 165 Å². The van der Waals surface area contributed by atoms with Gasteiger partial charge in [-0.05, 0) is 53.9 Å². The molecule has 0 amide bonds. The summed E-state index contributed by atoms with van der Waals surface area (Å²) in [6.45, 7) is 2.74. The quantitative estimate of drug-likeness (QED) is 0.688. The number of aryl methyl sites for hydroxylation is 1. The van der Waals surface area contributed by atoms with Crippen LogP contribution in [0.2, 0.25) is 0 Å². The Balaban J connectivity index is 1.81. The normalized spacial score (nSPS) is 12.8.